The molecule has 0 heterocycles. The van der Waals surface area contributed by atoms with Crippen LogP contribution in [0, 0.1) is 0 Å². The predicted octanol–water partition coefficient (Wildman–Crippen LogP) is 3.95. The van der Waals surface area contributed by atoms with Gasteiger partial charge in [0.15, 0.2) is 24.2 Å². The predicted molar refractivity (Wildman–Crippen MR) is 99.1 cm³/mol. The number of carbonyl (C=O) groups is 2. The SMILES string of the molecule is COc1ccccc1OCC(=O)O[C@H](C)C(=O)Nc1ccc(Cl)cc1Cl. The molecule has 2 aromatic carbocycles. The number of hydrogen-bond acceptors (Lipinski definition) is 5. The minimum atomic E-state index is -1.03. The van der Waals surface area contributed by atoms with Crippen LogP contribution in [0.15, 0.2) is 42.5 Å². The van der Waals surface area contributed by atoms with E-state index in [9.17, 15) is 9.59 Å². The molecule has 0 aliphatic heterocycles. The summed E-state index contributed by atoms with van der Waals surface area (Å²) in [5, 5.41) is 3.29. The Bertz CT molecular complexity index is 797. The number of halogens is 2. The van der Waals surface area contributed by atoms with Gasteiger partial charge in [0, 0.05) is 5.02 Å². The first kappa shape index (κ1) is 19.9. The summed E-state index contributed by atoms with van der Waals surface area (Å²) in [4.78, 5) is 24.0. The number of hydrogen-bond donors (Lipinski definition) is 1. The van der Waals surface area contributed by atoms with Gasteiger partial charge in [0.25, 0.3) is 5.91 Å². The number of esters is 1. The van der Waals surface area contributed by atoms with Crippen molar-refractivity contribution < 1.29 is 23.8 Å². The van der Waals surface area contributed by atoms with Gasteiger partial charge >= 0.3 is 5.97 Å². The zero-order valence-corrected chi connectivity index (χ0v) is 15.6. The number of anilines is 1. The molecule has 1 amide bonds. The molecule has 0 saturated carbocycles. The van der Waals surface area contributed by atoms with E-state index in [4.69, 9.17) is 37.4 Å². The standard InChI is InChI=1S/C18H17Cl2NO5/c1-11(18(23)21-14-8-7-12(19)9-13(14)20)26-17(22)10-25-16-6-4-3-5-15(16)24-2/h3-9,11H,10H2,1-2H3,(H,21,23)/t11-/m1/s1. The van der Waals surface area contributed by atoms with Gasteiger partial charge in [-0.2, -0.15) is 0 Å². The molecule has 0 bridgehead atoms. The third-order valence-electron chi connectivity index (χ3n) is 3.28. The fourth-order valence-electron chi connectivity index (χ4n) is 1.98. The van der Waals surface area contributed by atoms with Crippen molar-refractivity contribution in [3.63, 3.8) is 0 Å². The molecular weight excluding hydrogens is 381 g/mol. The van der Waals surface area contributed by atoms with Gasteiger partial charge in [0.1, 0.15) is 0 Å². The molecular formula is C18H17Cl2NO5. The Balaban J connectivity index is 1.86. The molecule has 6 nitrogen and oxygen atoms in total. The molecule has 0 saturated heterocycles. The zero-order valence-electron chi connectivity index (χ0n) is 14.1. The van der Waals surface area contributed by atoms with E-state index in [0.29, 0.717) is 22.2 Å². The smallest absolute Gasteiger partial charge is 0.344 e. The molecule has 0 aliphatic rings. The van der Waals surface area contributed by atoms with Crippen LogP contribution in [0.4, 0.5) is 5.69 Å². The van der Waals surface area contributed by atoms with E-state index in [2.05, 4.69) is 5.32 Å². The third kappa shape index (κ3) is 5.54. The number of amides is 1. The summed E-state index contributed by atoms with van der Waals surface area (Å²) in [5.74, 6) is -0.332. The first-order valence-corrected chi connectivity index (χ1v) is 8.37. The second kappa shape index (κ2) is 9.31. The number of carbonyl (C=O) groups excluding carboxylic acids is 2. The summed E-state index contributed by atoms with van der Waals surface area (Å²) in [6.07, 6.45) is -1.03. The summed E-state index contributed by atoms with van der Waals surface area (Å²) in [7, 11) is 1.49. The lowest BCUT2D eigenvalue weighted by Gasteiger charge is -2.15. The average Bonchev–Trinajstić information content (AvgIpc) is 2.62. The summed E-state index contributed by atoms with van der Waals surface area (Å²) in [6, 6.07) is 11.5. The van der Waals surface area contributed by atoms with Crippen molar-refractivity contribution in [1.82, 2.24) is 0 Å². The van der Waals surface area contributed by atoms with Gasteiger partial charge in [-0.25, -0.2) is 4.79 Å². The van der Waals surface area contributed by atoms with Gasteiger partial charge in [0.05, 0.1) is 17.8 Å². The largest absolute Gasteiger partial charge is 0.493 e. The summed E-state index contributed by atoms with van der Waals surface area (Å²) in [6.45, 7) is 1.08. The molecule has 0 radical (unpaired) electrons. The Morgan fingerprint density at radius 2 is 1.81 bits per heavy atom. The maximum atomic E-state index is 12.1. The molecule has 0 spiro atoms. The van der Waals surface area contributed by atoms with Gasteiger partial charge in [-0.1, -0.05) is 35.3 Å². The fraction of sp³-hybridized carbons (Fsp3) is 0.222. The summed E-state index contributed by atoms with van der Waals surface area (Å²) >= 11 is 11.8. The minimum absolute atomic E-state index is 0.281. The van der Waals surface area contributed by atoms with Crippen LogP contribution in [-0.2, 0) is 14.3 Å². The van der Waals surface area contributed by atoms with Gasteiger partial charge in [-0.05, 0) is 37.3 Å². The molecule has 2 aromatic rings. The van der Waals surface area contributed by atoms with Crippen molar-refractivity contribution >= 4 is 40.8 Å². The number of benzene rings is 2. The molecule has 0 aromatic heterocycles. The van der Waals surface area contributed by atoms with Crippen LogP contribution >= 0.6 is 23.2 Å². The molecule has 26 heavy (non-hydrogen) atoms. The highest BCUT2D eigenvalue weighted by molar-refractivity contribution is 6.36. The highest BCUT2D eigenvalue weighted by Gasteiger charge is 2.19. The van der Waals surface area contributed by atoms with Crippen LogP contribution in [0.25, 0.3) is 0 Å². The van der Waals surface area contributed by atoms with E-state index >= 15 is 0 Å². The zero-order chi connectivity index (χ0) is 19.1. The van der Waals surface area contributed by atoms with Crippen molar-refractivity contribution in [1.29, 1.82) is 0 Å². The van der Waals surface area contributed by atoms with Crippen LogP contribution in [-0.4, -0.2) is 31.7 Å². The lowest BCUT2D eigenvalue weighted by atomic mass is 10.3. The van der Waals surface area contributed by atoms with Crippen LogP contribution in [0.2, 0.25) is 10.0 Å². The van der Waals surface area contributed by atoms with E-state index < -0.39 is 18.0 Å². The maximum Gasteiger partial charge on any atom is 0.344 e. The van der Waals surface area contributed by atoms with E-state index in [1.807, 2.05) is 0 Å². The van der Waals surface area contributed by atoms with Crippen molar-refractivity contribution in [2.75, 3.05) is 19.0 Å². The second-order valence-corrected chi connectivity index (χ2v) is 6.03. The van der Waals surface area contributed by atoms with E-state index in [1.165, 1.54) is 20.1 Å². The molecule has 0 unspecified atom stereocenters. The van der Waals surface area contributed by atoms with E-state index in [0.717, 1.165) is 0 Å². The highest BCUT2D eigenvalue weighted by Crippen LogP contribution is 2.26. The number of nitrogens with one attached hydrogen (secondary N) is 1. The lowest BCUT2D eigenvalue weighted by molar-refractivity contribution is -0.155. The second-order valence-electron chi connectivity index (χ2n) is 5.19. The Kier molecular flexibility index (Phi) is 7.12. The first-order chi connectivity index (χ1) is 12.4. The summed E-state index contributed by atoms with van der Waals surface area (Å²) in [5.41, 5.74) is 0.370. The first-order valence-electron chi connectivity index (χ1n) is 7.62. The van der Waals surface area contributed by atoms with Gasteiger partial charge in [0.2, 0.25) is 0 Å². The molecule has 8 heteroatoms. The Hall–Kier alpha value is -2.44. The molecule has 0 aliphatic carbocycles. The van der Waals surface area contributed by atoms with Crippen LogP contribution in [0.1, 0.15) is 6.92 Å². The normalized spacial score (nSPS) is 11.4. The third-order valence-corrected chi connectivity index (χ3v) is 3.83. The number of para-hydroxylation sites is 2. The minimum Gasteiger partial charge on any atom is -0.493 e. The molecule has 2 rings (SSSR count). The van der Waals surface area contributed by atoms with E-state index in [-0.39, 0.29) is 11.6 Å². The molecule has 138 valence electrons. The van der Waals surface area contributed by atoms with Crippen LogP contribution < -0.4 is 14.8 Å². The molecule has 1 atom stereocenters. The van der Waals surface area contributed by atoms with Gasteiger partial charge in [-0.15, -0.1) is 0 Å². The number of rotatable bonds is 7. The monoisotopic (exact) mass is 397 g/mol. The van der Waals surface area contributed by atoms with Crippen molar-refractivity contribution in [3.05, 3.63) is 52.5 Å². The quantitative estimate of drug-likeness (QED) is 0.715. The Labute approximate surface area is 160 Å². The highest BCUT2D eigenvalue weighted by atomic mass is 35.5. The van der Waals surface area contributed by atoms with Crippen molar-refractivity contribution in [2.45, 2.75) is 13.0 Å². The molecule has 0 fully saturated rings. The average molecular weight is 398 g/mol. The maximum absolute atomic E-state index is 12.1. The fourth-order valence-corrected chi connectivity index (χ4v) is 2.44. The lowest BCUT2D eigenvalue weighted by Crippen LogP contribution is -2.31. The van der Waals surface area contributed by atoms with E-state index in [1.54, 1.807) is 36.4 Å². The van der Waals surface area contributed by atoms with Crippen molar-refractivity contribution in [2.24, 2.45) is 0 Å². The number of ether oxygens (including phenoxy) is 3. The van der Waals surface area contributed by atoms with Crippen LogP contribution in [0.3, 0.4) is 0 Å². The Morgan fingerprint density at radius 1 is 1.12 bits per heavy atom. The molecule has 1 N–H and O–H groups in total. The topological polar surface area (TPSA) is 73.9 Å². The van der Waals surface area contributed by atoms with Gasteiger partial charge in [-0.3, -0.25) is 4.79 Å². The van der Waals surface area contributed by atoms with Crippen LogP contribution in [0.5, 0.6) is 11.5 Å². The van der Waals surface area contributed by atoms with Crippen molar-refractivity contribution in [3.8, 4) is 11.5 Å². The summed E-state index contributed by atoms with van der Waals surface area (Å²) < 4.78 is 15.5. The van der Waals surface area contributed by atoms with Gasteiger partial charge < -0.3 is 19.5 Å². The Morgan fingerprint density at radius 3 is 2.46 bits per heavy atom. The number of methoxy groups -OCH3 is 1.